The SMILES string of the molecule is O=C(O)c1cc([N+](=O)[O-])ccc1Oc1ccc(Br)cc1Br. The Morgan fingerprint density at radius 3 is 2.38 bits per heavy atom. The summed E-state index contributed by atoms with van der Waals surface area (Å²) in [6, 6.07) is 8.52. The molecule has 0 radical (unpaired) electrons. The summed E-state index contributed by atoms with van der Waals surface area (Å²) in [6.45, 7) is 0. The van der Waals surface area contributed by atoms with Crippen molar-refractivity contribution in [2.45, 2.75) is 0 Å². The maximum Gasteiger partial charge on any atom is 0.339 e. The van der Waals surface area contributed by atoms with Gasteiger partial charge in [-0.2, -0.15) is 0 Å². The summed E-state index contributed by atoms with van der Waals surface area (Å²) < 4.78 is 6.96. The van der Waals surface area contributed by atoms with Gasteiger partial charge < -0.3 is 9.84 Å². The molecule has 2 aromatic carbocycles. The van der Waals surface area contributed by atoms with Gasteiger partial charge in [0, 0.05) is 16.6 Å². The smallest absolute Gasteiger partial charge is 0.339 e. The van der Waals surface area contributed by atoms with Gasteiger partial charge in [-0.3, -0.25) is 10.1 Å². The third-order valence-electron chi connectivity index (χ3n) is 2.52. The van der Waals surface area contributed by atoms with Crippen molar-refractivity contribution in [3.05, 3.63) is 61.0 Å². The maximum atomic E-state index is 11.2. The zero-order valence-electron chi connectivity index (χ0n) is 10.2. The van der Waals surface area contributed by atoms with Gasteiger partial charge in [-0.1, -0.05) is 15.9 Å². The molecule has 0 saturated carbocycles. The van der Waals surface area contributed by atoms with E-state index in [9.17, 15) is 14.9 Å². The largest absolute Gasteiger partial charge is 0.478 e. The monoisotopic (exact) mass is 415 g/mol. The van der Waals surface area contributed by atoms with Crippen LogP contribution >= 0.6 is 31.9 Å². The quantitative estimate of drug-likeness (QED) is 0.580. The van der Waals surface area contributed by atoms with Gasteiger partial charge >= 0.3 is 5.97 Å². The molecule has 0 bridgehead atoms. The predicted molar refractivity (Wildman–Crippen MR) is 82.0 cm³/mol. The molecule has 0 atom stereocenters. The molecule has 0 aliphatic carbocycles. The van der Waals surface area contributed by atoms with Crippen LogP contribution in [-0.4, -0.2) is 16.0 Å². The molecule has 0 spiro atoms. The Bertz CT molecular complexity index is 732. The van der Waals surface area contributed by atoms with Crippen molar-refractivity contribution in [2.24, 2.45) is 0 Å². The molecular formula is C13H7Br2NO5. The third kappa shape index (κ3) is 3.59. The number of benzene rings is 2. The average molecular weight is 417 g/mol. The van der Waals surface area contributed by atoms with E-state index in [-0.39, 0.29) is 17.0 Å². The average Bonchev–Trinajstić information content (AvgIpc) is 2.41. The zero-order valence-corrected chi connectivity index (χ0v) is 13.4. The van der Waals surface area contributed by atoms with E-state index in [1.165, 1.54) is 12.1 Å². The minimum Gasteiger partial charge on any atom is -0.478 e. The number of ether oxygens (including phenoxy) is 1. The van der Waals surface area contributed by atoms with Crippen molar-refractivity contribution in [3.63, 3.8) is 0 Å². The van der Waals surface area contributed by atoms with Crippen LogP contribution in [0.1, 0.15) is 10.4 Å². The van der Waals surface area contributed by atoms with Gasteiger partial charge in [0.05, 0.1) is 9.40 Å². The molecule has 108 valence electrons. The molecule has 0 amide bonds. The van der Waals surface area contributed by atoms with Crippen LogP contribution in [0, 0.1) is 10.1 Å². The Morgan fingerprint density at radius 2 is 1.81 bits per heavy atom. The molecule has 0 aliphatic rings. The summed E-state index contributed by atoms with van der Waals surface area (Å²) in [4.78, 5) is 21.2. The molecule has 0 aliphatic heterocycles. The summed E-state index contributed by atoms with van der Waals surface area (Å²) in [6.07, 6.45) is 0. The first-order chi connectivity index (χ1) is 9.88. The molecule has 0 heterocycles. The lowest BCUT2D eigenvalue weighted by Crippen LogP contribution is -2.01. The van der Waals surface area contributed by atoms with Crippen molar-refractivity contribution in [1.29, 1.82) is 0 Å². The first kappa shape index (κ1) is 15.5. The van der Waals surface area contributed by atoms with E-state index in [0.29, 0.717) is 10.2 Å². The normalized spacial score (nSPS) is 10.2. The van der Waals surface area contributed by atoms with Gasteiger partial charge in [0.2, 0.25) is 0 Å². The number of nitro groups is 1. The summed E-state index contributed by atoms with van der Waals surface area (Å²) in [7, 11) is 0. The molecular weight excluding hydrogens is 410 g/mol. The second-order valence-corrected chi connectivity index (χ2v) is 5.69. The van der Waals surface area contributed by atoms with Crippen LogP contribution in [0.5, 0.6) is 11.5 Å². The number of aromatic carboxylic acids is 1. The standard InChI is InChI=1S/C13H7Br2NO5/c14-7-1-3-12(10(15)5-7)21-11-4-2-8(16(19)20)6-9(11)13(17)18/h1-6H,(H,17,18). The second-order valence-electron chi connectivity index (χ2n) is 3.92. The lowest BCUT2D eigenvalue weighted by molar-refractivity contribution is -0.384. The highest BCUT2D eigenvalue weighted by atomic mass is 79.9. The van der Waals surface area contributed by atoms with Crippen LogP contribution < -0.4 is 4.74 Å². The Balaban J connectivity index is 2.44. The van der Waals surface area contributed by atoms with Gasteiger partial charge in [-0.05, 0) is 40.2 Å². The fourth-order valence-electron chi connectivity index (χ4n) is 1.56. The lowest BCUT2D eigenvalue weighted by Gasteiger charge is -2.10. The van der Waals surface area contributed by atoms with E-state index in [1.54, 1.807) is 18.2 Å². The highest BCUT2D eigenvalue weighted by molar-refractivity contribution is 9.11. The van der Waals surface area contributed by atoms with Crippen LogP contribution in [0.4, 0.5) is 5.69 Å². The van der Waals surface area contributed by atoms with Crippen molar-refractivity contribution < 1.29 is 19.6 Å². The molecule has 0 fully saturated rings. The molecule has 1 N–H and O–H groups in total. The Kier molecular flexibility index (Phi) is 4.59. The van der Waals surface area contributed by atoms with Gasteiger partial charge in [0.25, 0.3) is 5.69 Å². The number of rotatable bonds is 4. The first-order valence-corrected chi connectivity index (χ1v) is 7.11. The third-order valence-corrected chi connectivity index (χ3v) is 3.63. The topological polar surface area (TPSA) is 89.7 Å². The molecule has 2 rings (SSSR count). The van der Waals surface area contributed by atoms with Gasteiger partial charge in [0.15, 0.2) is 0 Å². The van der Waals surface area contributed by atoms with E-state index in [1.807, 2.05) is 0 Å². The van der Waals surface area contributed by atoms with Crippen LogP contribution in [0.2, 0.25) is 0 Å². The maximum absolute atomic E-state index is 11.2. The van der Waals surface area contributed by atoms with Crippen LogP contribution in [-0.2, 0) is 0 Å². The number of hydrogen-bond acceptors (Lipinski definition) is 4. The van der Waals surface area contributed by atoms with Crippen LogP contribution in [0.15, 0.2) is 45.3 Å². The number of carboxylic acids is 1. The van der Waals surface area contributed by atoms with E-state index in [0.717, 1.165) is 10.5 Å². The van der Waals surface area contributed by atoms with E-state index < -0.39 is 10.9 Å². The van der Waals surface area contributed by atoms with E-state index >= 15 is 0 Å². The predicted octanol–water partition coefficient (Wildman–Crippen LogP) is 4.61. The summed E-state index contributed by atoms with van der Waals surface area (Å²) >= 11 is 6.58. The number of nitro benzene ring substituents is 1. The van der Waals surface area contributed by atoms with E-state index in [4.69, 9.17) is 9.84 Å². The lowest BCUT2D eigenvalue weighted by atomic mass is 10.2. The van der Waals surface area contributed by atoms with Gasteiger partial charge in [-0.15, -0.1) is 0 Å². The number of carboxylic acid groups (broad SMARTS) is 1. The number of non-ortho nitro benzene ring substituents is 1. The minimum absolute atomic E-state index is 0.0242. The Hall–Kier alpha value is -1.93. The first-order valence-electron chi connectivity index (χ1n) is 5.53. The highest BCUT2D eigenvalue weighted by Gasteiger charge is 2.18. The Labute approximate surface area is 135 Å². The Morgan fingerprint density at radius 1 is 1.14 bits per heavy atom. The van der Waals surface area contributed by atoms with Crippen molar-refractivity contribution in [3.8, 4) is 11.5 Å². The molecule has 0 unspecified atom stereocenters. The second kappa shape index (κ2) is 6.23. The van der Waals surface area contributed by atoms with Crippen LogP contribution in [0.3, 0.4) is 0 Å². The number of halogens is 2. The number of carbonyl (C=O) groups is 1. The molecule has 2 aromatic rings. The van der Waals surface area contributed by atoms with Gasteiger partial charge in [0.1, 0.15) is 17.1 Å². The fraction of sp³-hybridized carbons (Fsp3) is 0. The summed E-state index contributed by atoms with van der Waals surface area (Å²) in [5.74, 6) is -0.882. The number of nitrogens with zero attached hydrogens (tertiary/aromatic N) is 1. The molecule has 6 nitrogen and oxygen atoms in total. The fourth-order valence-corrected chi connectivity index (χ4v) is 2.69. The van der Waals surface area contributed by atoms with Crippen molar-refractivity contribution in [2.75, 3.05) is 0 Å². The summed E-state index contributed by atoms with van der Waals surface area (Å²) in [5, 5.41) is 19.8. The van der Waals surface area contributed by atoms with Crippen molar-refractivity contribution >= 4 is 43.5 Å². The zero-order chi connectivity index (χ0) is 15.6. The van der Waals surface area contributed by atoms with Crippen LogP contribution in [0.25, 0.3) is 0 Å². The molecule has 0 aromatic heterocycles. The van der Waals surface area contributed by atoms with Crippen molar-refractivity contribution in [1.82, 2.24) is 0 Å². The van der Waals surface area contributed by atoms with E-state index in [2.05, 4.69) is 31.9 Å². The molecule has 21 heavy (non-hydrogen) atoms. The molecule has 0 saturated heterocycles. The number of hydrogen-bond donors (Lipinski definition) is 1. The minimum atomic E-state index is -1.30. The molecule has 8 heteroatoms. The summed E-state index contributed by atoms with van der Waals surface area (Å²) in [5.41, 5.74) is -0.589. The van der Waals surface area contributed by atoms with Gasteiger partial charge in [-0.25, -0.2) is 4.79 Å². The highest BCUT2D eigenvalue weighted by Crippen LogP contribution is 2.34.